The number of carbonyl (C=O) groups is 2. The number of hydrogen-bond donors (Lipinski definition) is 2. The molecule has 0 bridgehead atoms. The molecule has 1 amide bonds. The van der Waals surface area contributed by atoms with Gasteiger partial charge in [-0.05, 0) is 49.4 Å². The van der Waals surface area contributed by atoms with Crippen molar-refractivity contribution in [2.75, 3.05) is 16.8 Å². The predicted octanol–water partition coefficient (Wildman–Crippen LogP) is 6.22. The minimum atomic E-state index is -1.14. The summed E-state index contributed by atoms with van der Waals surface area (Å²) in [5, 5.41) is 12.8. The molecule has 186 valence electrons. The molecule has 0 aromatic heterocycles. The highest BCUT2D eigenvalue weighted by Gasteiger charge is 2.28. The van der Waals surface area contributed by atoms with Crippen LogP contribution < -0.4 is 15.0 Å². The maximum atomic E-state index is 14.7. The number of aryl methyl sites for hydroxylation is 1. The molecule has 0 saturated heterocycles. The zero-order valence-electron chi connectivity index (χ0n) is 20.1. The van der Waals surface area contributed by atoms with Gasteiger partial charge in [0.05, 0.1) is 17.8 Å². The first kappa shape index (κ1) is 24.1. The molecule has 0 aliphatic carbocycles. The topological polar surface area (TPSA) is 78.9 Å². The number of halogens is 1. The van der Waals surface area contributed by atoms with E-state index in [9.17, 15) is 19.1 Å². The second kappa shape index (κ2) is 10.1. The molecular formula is C30H25FN2O4. The first-order valence-corrected chi connectivity index (χ1v) is 11.9. The van der Waals surface area contributed by atoms with E-state index in [0.717, 1.165) is 11.1 Å². The Hall–Kier alpha value is -4.65. The van der Waals surface area contributed by atoms with Crippen molar-refractivity contribution in [3.8, 4) is 5.75 Å². The smallest absolute Gasteiger partial charge is 0.337 e. The van der Waals surface area contributed by atoms with Crippen LogP contribution in [0.15, 0.2) is 91.0 Å². The molecule has 0 radical (unpaired) electrons. The molecule has 1 aliphatic heterocycles. The number of carboxylic acid groups (broad SMARTS) is 1. The van der Waals surface area contributed by atoms with Gasteiger partial charge in [-0.1, -0.05) is 54.1 Å². The predicted molar refractivity (Wildman–Crippen MR) is 140 cm³/mol. The van der Waals surface area contributed by atoms with Crippen LogP contribution in [0.3, 0.4) is 0 Å². The first-order valence-electron chi connectivity index (χ1n) is 11.9. The summed E-state index contributed by atoms with van der Waals surface area (Å²) in [6.45, 7) is 2.53. The standard InChI is InChI=1S/C30H25FN2O4/c1-19-10-12-20(13-11-19)29(34)32-22-14-15-26(24(16-22)30(35)36)33-17-21-6-2-5-9-27(21)37-28(18-33)23-7-3-4-8-25(23)31/h2-16,28H,17-18H2,1H3,(H,32,34)(H,35,36). The molecule has 1 aliphatic rings. The second-order valence-electron chi connectivity index (χ2n) is 8.97. The molecule has 0 spiro atoms. The summed E-state index contributed by atoms with van der Waals surface area (Å²) < 4.78 is 20.9. The van der Waals surface area contributed by atoms with Crippen LogP contribution in [0.1, 0.15) is 43.5 Å². The number of amides is 1. The number of nitrogens with zero attached hydrogens (tertiary/aromatic N) is 1. The van der Waals surface area contributed by atoms with Crippen molar-refractivity contribution in [2.45, 2.75) is 19.6 Å². The van der Waals surface area contributed by atoms with E-state index < -0.39 is 12.1 Å². The lowest BCUT2D eigenvalue weighted by Crippen LogP contribution is -2.30. The fourth-order valence-corrected chi connectivity index (χ4v) is 4.46. The summed E-state index contributed by atoms with van der Waals surface area (Å²) >= 11 is 0. The minimum Gasteiger partial charge on any atom is -0.483 e. The number of carbonyl (C=O) groups excluding carboxylic acids is 1. The highest BCUT2D eigenvalue weighted by molar-refractivity contribution is 6.05. The Balaban J connectivity index is 1.49. The van der Waals surface area contributed by atoms with Crippen molar-refractivity contribution in [3.63, 3.8) is 0 Å². The lowest BCUT2D eigenvalue weighted by Gasteiger charge is -2.28. The van der Waals surface area contributed by atoms with Crippen molar-refractivity contribution in [1.29, 1.82) is 0 Å². The number of ether oxygens (including phenoxy) is 1. The monoisotopic (exact) mass is 496 g/mol. The average Bonchev–Trinajstić information content (AvgIpc) is 3.09. The van der Waals surface area contributed by atoms with Gasteiger partial charge in [-0.2, -0.15) is 0 Å². The Bertz CT molecular complexity index is 1470. The number of nitrogens with one attached hydrogen (secondary N) is 1. The van der Waals surface area contributed by atoms with Crippen LogP contribution in [0.5, 0.6) is 5.75 Å². The molecule has 5 rings (SSSR count). The number of benzene rings is 4. The highest BCUT2D eigenvalue weighted by atomic mass is 19.1. The lowest BCUT2D eigenvalue weighted by molar-refractivity contribution is 0.0697. The lowest BCUT2D eigenvalue weighted by atomic mass is 10.1. The molecule has 7 heteroatoms. The van der Waals surface area contributed by atoms with Crippen LogP contribution in [-0.2, 0) is 6.54 Å². The summed E-state index contributed by atoms with van der Waals surface area (Å²) in [7, 11) is 0. The minimum absolute atomic E-state index is 0.0216. The third-order valence-corrected chi connectivity index (χ3v) is 6.38. The summed E-state index contributed by atoms with van der Waals surface area (Å²) in [5.74, 6) is -1.24. The van der Waals surface area contributed by atoms with E-state index in [1.54, 1.807) is 42.5 Å². The van der Waals surface area contributed by atoms with Gasteiger partial charge >= 0.3 is 5.97 Å². The fourth-order valence-electron chi connectivity index (χ4n) is 4.46. The van der Waals surface area contributed by atoms with Gasteiger partial charge in [0.25, 0.3) is 5.91 Å². The zero-order valence-corrected chi connectivity index (χ0v) is 20.1. The first-order chi connectivity index (χ1) is 17.9. The van der Waals surface area contributed by atoms with Gasteiger partial charge in [-0.15, -0.1) is 0 Å². The maximum absolute atomic E-state index is 14.7. The van der Waals surface area contributed by atoms with Crippen molar-refractivity contribution in [2.24, 2.45) is 0 Å². The summed E-state index contributed by atoms with van der Waals surface area (Å²) in [6.07, 6.45) is -0.660. The molecule has 2 N–H and O–H groups in total. The molecule has 1 heterocycles. The number of para-hydroxylation sites is 1. The number of rotatable bonds is 5. The van der Waals surface area contributed by atoms with Gasteiger partial charge < -0.3 is 20.1 Å². The Morgan fingerprint density at radius 1 is 0.973 bits per heavy atom. The Kier molecular flexibility index (Phi) is 6.60. The van der Waals surface area contributed by atoms with Crippen LogP contribution in [0.2, 0.25) is 0 Å². The molecule has 0 fully saturated rings. The van der Waals surface area contributed by atoms with Crippen molar-refractivity contribution < 1.29 is 23.8 Å². The SMILES string of the molecule is Cc1ccc(C(=O)Nc2ccc(N3Cc4ccccc4OC(c4ccccc4F)C3)c(C(=O)O)c2)cc1. The third-order valence-electron chi connectivity index (χ3n) is 6.38. The van der Waals surface area contributed by atoms with E-state index in [0.29, 0.717) is 34.8 Å². The maximum Gasteiger partial charge on any atom is 0.337 e. The van der Waals surface area contributed by atoms with Gasteiger partial charge in [0, 0.05) is 28.9 Å². The number of carboxylic acids is 1. The molecule has 37 heavy (non-hydrogen) atoms. The van der Waals surface area contributed by atoms with Crippen LogP contribution in [0, 0.1) is 12.7 Å². The Labute approximate surface area is 213 Å². The second-order valence-corrected chi connectivity index (χ2v) is 8.97. The van der Waals surface area contributed by atoms with Gasteiger partial charge in [-0.25, -0.2) is 9.18 Å². The van der Waals surface area contributed by atoms with Crippen LogP contribution in [0.4, 0.5) is 15.8 Å². The molecule has 1 atom stereocenters. The number of hydrogen-bond acceptors (Lipinski definition) is 4. The van der Waals surface area contributed by atoms with Gasteiger partial charge in [-0.3, -0.25) is 4.79 Å². The van der Waals surface area contributed by atoms with Crippen LogP contribution >= 0.6 is 0 Å². The van der Waals surface area contributed by atoms with E-state index in [4.69, 9.17) is 4.74 Å². The van der Waals surface area contributed by atoms with E-state index in [1.807, 2.05) is 48.2 Å². The highest BCUT2D eigenvalue weighted by Crippen LogP contribution is 2.36. The molecule has 4 aromatic rings. The fraction of sp³-hybridized carbons (Fsp3) is 0.133. The van der Waals surface area contributed by atoms with Crippen molar-refractivity contribution in [1.82, 2.24) is 0 Å². The van der Waals surface area contributed by atoms with Crippen molar-refractivity contribution in [3.05, 3.63) is 125 Å². The quantitative estimate of drug-likeness (QED) is 0.343. The average molecular weight is 497 g/mol. The molecule has 6 nitrogen and oxygen atoms in total. The Morgan fingerprint density at radius 2 is 1.70 bits per heavy atom. The molecule has 4 aromatic carbocycles. The summed E-state index contributed by atoms with van der Waals surface area (Å²) in [5.41, 5.74) is 3.59. The molecule has 1 unspecified atom stereocenters. The summed E-state index contributed by atoms with van der Waals surface area (Å²) in [6, 6.07) is 25.8. The Morgan fingerprint density at radius 3 is 2.46 bits per heavy atom. The van der Waals surface area contributed by atoms with Crippen LogP contribution in [0.25, 0.3) is 0 Å². The van der Waals surface area contributed by atoms with E-state index >= 15 is 0 Å². The van der Waals surface area contributed by atoms with E-state index in [2.05, 4.69) is 5.32 Å². The van der Waals surface area contributed by atoms with Crippen molar-refractivity contribution >= 4 is 23.3 Å². The zero-order chi connectivity index (χ0) is 25.9. The van der Waals surface area contributed by atoms with E-state index in [-0.39, 0.29) is 23.8 Å². The number of anilines is 2. The van der Waals surface area contributed by atoms with Gasteiger partial charge in [0.2, 0.25) is 0 Å². The largest absolute Gasteiger partial charge is 0.483 e. The number of fused-ring (bicyclic) bond motifs is 1. The normalized spacial score (nSPS) is 14.8. The number of aromatic carboxylic acids is 1. The molecular weight excluding hydrogens is 471 g/mol. The van der Waals surface area contributed by atoms with Crippen LogP contribution in [-0.4, -0.2) is 23.5 Å². The molecule has 0 saturated carbocycles. The third kappa shape index (κ3) is 5.16. The van der Waals surface area contributed by atoms with Gasteiger partial charge in [0.1, 0.15) is 17.7 Å². The van der Waals surface area contributed by atoms with E-state index in [1.165, 1.54) is 12.1 Å². The summed E-state index contributed by atoms with van der Waals surface area (Å²) in [4.78, 5) is 26.9. The van der Waals surface area contributed by atoms with Gasteiger partial charge in [0.15, 0.2) is 0 Å².